The number of benzene rings is 3. The molecular weight excluding hydrogens is 298 g/mol. The van der Waals surface area contributed by atoms with Crippen LogP contribution in [-0.4, -0.2) is 14.7 Å². The van der Waals surface area contributed by atoms with E-state index >= 15 is 0 Å². The van der Waals surface area contributed by atoms with E-state index in [1.54, 1.807) is 12.1 Å². The standard InChI is InChI=1S/C20H17N3O/c24-18-10-8-15(9-11-18)13-21-16-4-3-5-17(12-16)23-14-22-19-6-1-2-7-20(19)23/h1-12,14,21,24H,13H2. The van der Waals surface area contributed by atoms with Crippen molar-refractivity contribution < 1.29 is 5.11 Å². The fourth-order valence-corrected chi connectivity index (χ4v) is 2.75. The molecule has 1 aromatic heterocycles. The molecule has 118 valence electrons. The molecule has 2 N–H and O–H groups in total. The molecule has 4 heteroatoms. The maximum absolute atomic E-state index is 9.34. The van der Waals surface area contributed by atoms with Crippen LogP contribution in [0.25, 0.3) is 16.7 Å². The van der Waals surface area contributed by atoms with E-state index in [0.717, 1.165) is 28.0 Å². The summed E-state index contributed by atoms with van der Waals surface area (Å²) in [6.07, 6.45) is 1.85. The van der Waals surface area contributed by atoms with Gasteiger partial charge in [0.1, 0.15) is 12.1 Å². The third kappa shape index (κ3) is 2.82. The monoisotopic (exact) mass is 315 g/mol. The van der Waals surface area contributed by atoms with Crippen molar-refractivity contribution in [2.24, 2.45) is 0 Å². The van der Waals surface area contributed by atoms with Gasteiger partial charge in [-0.2, -0.15) is 0 Å². The molecule has 0 atom stereocenters. The number of aromatic hydroxyl groups is 1. The van der Waals surface area contributed by atoms with Gasteiger partial charge in [-0.1, -0.05) is 30.3 Å². The molecule has 0 spiro atoms. The number of anilines is 1. The predicted molar refractivity (Wildman–Crippen MR) is 96.5 cm³/mol. The summed E-state index contributed by atoms with van der Waals surface area (Å²) < 4.78 is 2.08. The summed E-state index contributed by atoms with van der Waals surface area (Å²) in [5.41, 5.74) is 5.30. The zero-order chi connectivity index (χ0) is 16.4. The third-order valence-electron chi connectivity index (χ3n) is 4.01. The molecule has 0 aliphatic heterocycles. The lowest BCUT2D eigenvalue weighted by Crippen LogP contribution is -2.00. The summed E-state index contributed by atoms with van der Waals surface area (Å²) in [5, 5.41) is 12.8. The smallest absolute Gasteiger partial charge is 0.115 e. The maximum Gasteiger partial charge on any atom is 0.115 e. The number of para-hydroxylation sites is 2. The zero-order valence-electron chi connectivity index (χ0n) is 13.1. The number of aromatic nitrogens is 2. The van der Waals surface area contributed by atoms with Gasteiger partial charge < -0.3 is 10.4 Å². The Morgan fingerprint density at radius 2 is 1.75 bits per heavy atom. The van der Waals surface area contributed by atoms with Gasteiger partial charge in [0, 0.05) is 17.9 Å². The second-order valence-electron chi connectivity index (χ2n) is 5.67. The van der Waals surface area contributed by atoms with Crippen molar-refractivity contribution >= 4 is 16.7 Å². The van der Waals surface area contributed by atoms with Crippen LogP contribution in [0.1, 0.15) is 5.56 Å². The second kappa shape index (κ2) is 6.08. The van der Waals surface area contributed by atoms with Crippen LogP contribution in [0.4, 0.5) is 5.69 Å². The lowest BCUT2D eigenvalue weighted by molar-refractivity contribution is 0.475. The molecule has 0 fully saturated rings. The molecule has 24 heavy (non-hydrogen) atoms. The summed E-state index contributed by atoms with van der Waals surface area (Å²) in [4.78, 5) is 4.45. The van der Waals surface area contributed by atoms with E-state index in [2.05, 4.69) is 33.1 Å². The molecule has 0 unspecified atom stereocenters. The molecule has 0 radical (unpaired) electrons. The first-order valence-corrected chi connectivity index (χ1v) is 7.84. The Bertz CT molecular complexity index is 974. The number of imidazole rings is 1. The Hall–Kier alpha value is -3.27. The highest BCUT2D eigenvalue weighted by atomic mass is 16.3. The average molecular weight is 315 g/mol. The van der Waals surface area contributed by atoms with E-state index in [9.17, 15) is 5.11 Å². The van der Waals surface area contributed by atoms with Crippen LogP contribution in [0, 0.1) is 0 Å². The summed E-state index contributed by atoms with van der Waals surface area (Å²) >= 11 is 0. The molecule has 4 nitrogen and oxygen atoms in total. The molecule has 0 saturated carbocycles. The molecule has 0 saturated heterocycles. The SMILES string of the molecule is Oc1ccc(CNc2cccc(-n3cnc4ccccc43)c2)cc1. The zero-order valence-corrected chi connectivity index (χ0v) is 13.1. The first kappa shape index (κ1) is 14.3. The van der Waals surface area contributed by atoms with Crippen LogP contribution in [0.5, 0.6) is 5.75 Å². The van der Waals surface area contributed by atoms with Crippen molar-refractivity contribution in [3.63, 3.8) is 0 Å². The van der Waals surface area contributed by atoms with E-state index < -0.39 is 0 Å². The fourth-order valence-electron chi connectivity index (χ4n) is 2.75. The quantitative estimate of drug-likeness (QED) is 0.589. The number of hydrogen-bond donors (Lipinski definition) is 2. The van der Waals surface area contributed by atoms with Crippen LogP contribution in [0.2, 0.25) is 0 Å². The van der Waals surface area contributed by atoms with Crippen molar-refractivity contribution in [2.45, 2.75) is 6.54 Å². The maximum atomic E-state index is 9.34. The topological polar surface area (TPSA) is 50.1 Å². The van der Waals surface area contributed by atoms with Crippen LogP contribution in [0.3, 0.4) is 0 Å². The Morgan fingerprint density at radius 1 is 0.917 bits per heavy atom. The summed E-state index contributed by atoms with van der Waals surface area (Å²) in [7, 11) is 0. The number of phenolic OH excluding ortho intramolecular Hbond substituents is 1. The van der Waals surface area contributed by atoms with Crippen molar-refractivity contribution in [1.82, 2.24) is 9.55 Å². The highest BCUT2D eigenvalue weighted by molar-refractivity contribution is 5.77. The van der Waals surface area contributed by atoms with Gasteiger partial charge in [-0.05, 0) is 48.0 Å². The largest absolute Gasteiger partial charge is 0.508 e. The normalized spacial score (nSPS) is 10.8. The molecule has 0 bridgehead atoms. The molecule has 4 aromatic rings. The highest BCUT2D eigenvalue weighted by Crippen LogP contribution is 2.21. The summed E-state index contributed by atoms with van der Waals surface area (Å²) in [6, 6.07) is 23.6. The average Bonchev–Trinajstić information content (AvgIpc) is 3.06. The molecular formula is C20H17N3O. The number of rotatable bonds is 4. The van der Waals surface area contributed by atoms with E-state index in [0.29, 0.717) is 6.54 Å². The Labute approximate surface area is 140 Å². The van der Waals surface area contributed by atoms with E-state index in [4.69, 9.17) is 0 Å². The number of fused-ring (bicyclic) bond motifs is 1. The van der Waals surface area contributed by atoms with Gasteiger partial charge in [-0.3, -0.25) is 4.57 Å². The van der Waals surface area contributed by atoms with Gasteiger partial charge >= 0.3 is 0 Å². The minimum Gasteiger partial charge on any atom is -0.508 e. The third-order valence-corrected chi connectivity index (χ3v) is 4.01. The minimum absolute atomic E-state index is 0.285. The minimum atomic E-state index is 0.285. The second-order valence-corrected chi connectivity index (χ2v) is 5.67. The highest BCUT2D eigenvalue weighted by Gasteiger charge is 2.04. The Morgan fingerprint density at radius 3 is 2.62 bits per heavy atom. The van der Waals surface area contributed by atoms with Crippen molar-refractivity contribution in [2.75, 3.05) is 5.32 Å². The van der Waals surface area contributed by atoms with Gasteiger partial charge in [-0.25, -0.2) is 4.98 Å². The van der Waals surface area contributed by atoms with Crippen LogP contribution < -0.4 is 5.32 Å². The molecule has 0 aliphatic rings. The number of nitrogens with zero attached hydrogens (tertiary/aromatic N) is 2. The Kier molecular flexibility index (Phi) is 3.63. The fraction of sp³-hybridized carbons (Fsp3) is 0.0500. The molecule has 0 aliphatic carbocycles. The van der Waals surface area contributed by atoms with E-state index in [1.165, 1.54) is 0 Å². The number of hydrogen-bond acceptors (Lipinski definition) is 3. The van der Waals surface area contributed by atoms with Gasteiger partial charge in [0.05, 0.1) is 11.0 Å². The van der Waals surface area contributed by atoms with Gasteiger partial charge in [0.2, 0.25) is 0 Å². The summed E-state index contributed by atoms with van der Waals surface area (Å²) in [5.74, 6) is 0.285. The molecule has 4 rings (SSSR count). The predicted octanol–water partition coefficient (Wildman–Crippen LogP) is 4.34. The molecule has 3 aromatic carbocycles. The first-order chi connectivity index (χ1) is 11.8. The molecule has 0 amide bonds. The van der Waals surface area contributed by atoms with E-state index in [-0.39, 0.29) is 5.75 Å². The Balaban J connectivity index is 1.58. The van der Waals surface area contributed by atoms with Crippen molar-refractivity contribution in [3.8, 4) is 11.4 Å². The van der Waals surface area contributed by atoms with E-state index in [1.807, 2.05) is 48.8 Å². The van der Waals surface area contributed by atoms with Gasteiger partial charge in [0.15, 0.2) is 0 Å². The van der Waals surface area contributed by atoms with Crippen LogP contribution in [0.15, 0.2) is 79.1 Å². The number of nitrogens with one attached hydrogen (secondary N) is 1. The van der Waals surface area contributed by atoms with Gasteiger partial charge in [-0.15, -0.1) is 0 Å². The van der Waals surface area contributed by atoms with Crippen LogP contribution >= 0.6 is 0 Å². The molecule has 1 heterocycles. The van der Waals surface area contributed by atoms with Crippen molar-refractivity contribution in [3.05, 3.63) is 84.7 Å². The summed E-state index contributed by atoms with van der Waals surface area (Å²) in [6.45, 7) is 0.703. The lowest BCUT2D eigenvalue weighted by atomic mass is 10.2. The van der Waals surface area contributed by atoms with Crippen molar-refractivity contribution in [1.29, 1.82) is 0 Å². The lowest BCUT2D eigenvalue weighted by Gasteiger charge is -2.10. The first-order valence-electron chi connectivity index (χ1n) is 7.84. The van der Waals surface area contributed by atoms with Crippen LogP contribution in [-0.2, 0) is 6.54 Å². The van der Waals surface area contributed by atoms with Gasteiger partial charge in [0.25, 0.3) is 0 Å². The number of phenols is 1.